The number of nitrogens with one attached hydrogen (secondary N) is 2. The molecule has 0 spiro atoms. The number of benzene rings is 2. The van der Waals surface area contributed by atoms with Crippen molar-refractivity contribution in [3.63, 3.8) is 0 Å². The van der Waals surface area contributed by atoms with Gasteiger partial charge in [0.05, 0.1) is 24.9 Å². The molecule has 3 aromatic rings. The first kappa shape index (κ1) is 37.9. The minimum Gasteiger partial charge on any atom is -0.496 e. The van der Waals surface area contributed by atoms with E-state index >= 15 is 0 Å². The molecule has 1 saturated heterocycles. The molecular formula is C40H49N3O7. The molecule has 0 bridgehead atoms. The first-order valence-corrected chi connectivity index (χ1v) is 17.1. The van der Waals surface area contributed by atoms with E-state index in [0.717, 1.165) is 24.8 Å². The van der Waals surface area contributed by atoms with Gasteiger partial charge in [0.25, 0.3) is 5.72 Å². The molecule has 4 rings (SSSR count). The molecule has 10 heteroatoms. The van der Waals surface area contributed by atoms with Gasteiger partial charge in [0.1, 0.15) is 17.5 Å². The molecule has 2 heterocycles. The highest BCUT2D eigenvalue weighted by Crippen LogP contribution is 2.38. The zero-order chi connectivity index (χ0) is 36.1. The van der Waals surface area contributed by atoms with Gasteiger partial charge in [-0.2, -0.15) is 0 Å². The van der Waals surface area contributed by atoms with Crippen LogP contribution in [0.25, 0.3) is 28.2 Å². The number of fused-ring (bicyclic) bond motifs is 1. The van der Waals surface area contributed by atoms with Gasteiger partial charge in [-0.05, 0) is 44.7 Å². The quantitative estimate of drug-likeness (QED) is 0.0595. The van der Waals surface area contributed by atoms with Crippen LogP contribution in [0.3, 0.4) is 0 Å². The van der Waals surface area contributed by atoms with Crippen molar-refractivity contribution in [2.24, 2.45) is 5.41 Å². The highest BCUT2D eigenvalue weighted by atomic mass is 16.6. The Hall–Kier alpha value is -4.96. The van der Waals surface area contributed by atoms with Crippen LogP contribution < -0.4 is 20.1 Å². The van der Waals surface area contributed by atoms with Gasteiger partial charge in [0.2, 0.25) is 0 Å². The zero-order valence-electron chi connectivity index (χ0n) is 29.4. The van der Waals surface area contributed by atoms with Crippen molar-refractivity contribution < 1.29 is 33.3 Å². The molecule has 266 valence electrons. The number of carbonyl (C=O) groups is 3. The summed E-state index contributed by atoms with van der Waals surface area (Å²) in [5, 5.41) is 6.40. The standard InChI is InChI=1S/C40H49N3O7/c1-7-10-11-12-16-20-31(43-38(46)48-27-39(4,5)21-8-2)36(44)49-37(45)40(22-17-23-41-40)50-35-25-32(29-18-14-13-15-19-29)42-33-26-34(47-6)28(9-3)24-30(33)35/h7-9,13-15,18-19,24-26,31,41H,1-3,10-12,16-17,20-23,27H2,4-6H3,(H,43,46)/t31-,40+/m0/s1. The lowest BCUT2D eigenvalue weighted by Crippen LogP contribution is -2.55. The van der Waals surface area contributed by atoms with Crippen LogP contribution in [-0.4, -0.2) is 55.0 Å². The summed E-state index contributed by atoms with van der Waals surface area (Å²) in [5.41, 5.74) is 0.760. The van der Waals surface area contributed by atoms with Crippen molar-refractivity contribution >= 4 is 35.0 Å². The van der Waals surface area contributed by atoms with Crippen molar-refractivity contribution in [2.45, 2.75) is 77.0 Å². The van der Waals surface area contributed by atoms with E-state index in [4.69, 9.17) is 23.9 Å². The fourth-order valence-electron chi connectivity index (χ4n) is 5.83. The molecular weight excluding hydrogens is 634 g/mol. The van der Waals surface area contributed by atoms with Crippen LogP contribution in [0.5, 0.6) is 11.5 Å². The normalized spacial score (nSPS) is 16.2. The average Bonchev–Trinajstić information content (AvgIpc) is 3.59. The fraction of sp³-hybridized carbons (Fsp3) is 0.400. The molecule has 1 aromatic heterocycles. The van der Waals surface area contributed by atoms with E-state index < -0.39 is 29.8 Å². The van der Waals surface area contributed by atoms with E-state index in [9.17, 15) is 14.4 Å². The third-order valence-corrected chi connectivity index (χ3v) is 8.60. The lowest BCUT2D eigenvalue weighted by Gasteiger charge is -2.29. The number of pyridine rings is 1. The van der Waals surface area contributed by atoms with E-state index in [1.807, 2.05) is 56.3 Å². The van der Waals surface area contributed by atoms with Gasteiger partial charge in [-0.1, -0.05) is 81.8 Å². The number of rotatable bonds is 18. The maximum atomic E-state index is 14.0. The van der Waals surface area contributed by atoms with Gasteiger partial charge in [-0.15, -0.1) is 13.2 Å². The maximum absolute atomic E-state index is 14.0. The number of carbonyl (C=O) groups excluding carboxylic acids is 3. The minimum atomic E-state index is -1.67. The van der Waals surface area contributed by atoms with Crippen LogP contribution in [-0.2, 0) is 19.1 Å². The van der Waals surface area contributed by atoms with E-state index in [-0.39, 0.29) is 24.9 Å². The first-order chi connectivity index (χ1) is 24.0. The number of amides is 1. The predicted molar refractivity (Wildman–Crippen MR) is 196 cm³/mol. The van der Waals surface area contributed by atoms with E-state index in [2.05, 4.69) is 30.4 Å². The number of unbranched alkanes of at least 4 members (excludes halogenated alkanes) is 3. The van der Waals surface area contributed by atoms with Crippen LogP contribution in [0.2, 0.25) is 0 Å². The number of esters is 2. The van der Waals surface area contributed by atoms with Gasteiger partial charge < -0.3 is 24.3 Å². The summed E-state index contributed by atoms with van der Waals surface area (Å²) in [6.07, 6.45) is 9.38. The van der Waals surface area contributed by atoms with Crippen LogP contribution in [0.15, 0.2) is 80.4 Å². The summed E-state index contributed by atoms with van der Waals surface area (Å²) in [6.45, 7) is 15.9. The molecule has 0 radical (unpaired) electrons. The molecule has 1 aliphatic rings. The number of allylic oxidation sites excluding steroid dienone is 2. The van der Waals surface area contributed by atoms with Gasteiger partial charge in [-0.3, -0.25) is 5.32 Å². The Morgan fingerprint density at radius 3 is 2.48 bits per heavy atom. The molecule has 0 saturated carbocycles. The number of hydrogen-bond donors (Lipinski definition) is 2. The second-order valence-corrected chi connectivity index (χ2v) is 13.2. The molecule has 10 nitrogen and oxygen atoms in total. The fourth-order valence-corrected chi connectivity index (χ4v) is 5.83. The van der Waals surface area contributed by atoms with E-state index in [1.54, 1.807) is 31.4 Å². The maximum Gasteiger partial charge on any atom is 0.407 e. The number of aromatic nitrogens is 1. The van der Waals surface area contributed by atoms with Crippen LogP contribution in [0, 0.1) is 5.41 Å². The largest absolute Gasteiger partial charge is 0.496 e. The number of methoxy groups -OCH3 is 1. The van der Waals surface area contributed by atoms with Gasteiger partial charge >= 0.3 is 18.0 Å². The number of hydrogen-bond acceptors (Lipinski definition) is 9. The van der Waals surface area contributed by atoms with Crippen molar-refractivity contribution in [1.29, 1.82) is 0 Å². The van der Waals surface area contributed by atoms with Gasteiger partial charge in [0.15, 0.2) is 0 Å². The minimum absolute atomic E-state index is 0.121. The monoisotopic (exact) mass is 683 g/mol. The van der Waals surface area contributed by atoms with E-state index in [0.29, 0.717) is 59.5 Å². The molecule has 0 aliphatic carbocycles. The summed E-state index contributed by atoms with van der Waals surface area (Å²) in [5.74, 6) is -0.842. The number of alkyl carbamates (subject to hydrolysis) is 1. The van der Waals surface area contributed by atoms with E-state index in [1.165, 1.54) is 0 Å². The summed E-state index contributed by atoms with van der Waals surface area (Å²) in [6, 6.07) is 13.9. The average molecular weight is 684 g/mol. The molecule has 1 fully saturated rings. The van der Waals surface area contributed by atoms with Crippen LogP contribution >= 0.6 is 0 Å². The van der Waals surface area contributed by atoms with Crippen molar-refractivity contribution in [2.75, 3.05) is 20.3 Å². The summed E-state index contributed by atoms with van der Waals surface area (Å²) in [7, 11) is 1.57. The highest BCUT2D eigenvalue weighted by Gasteiger charge is 2.47. The molecule has 2 aromatic carbocycles. The Morgan fingerprint density at radius 1 is 1.04 bits per heavy atom. The molecule has 2 N–H and O–H groups in total. The Balaban J connectivity index is 1.61. The number of ether oxygens (including phenoxy) is 4. The Morgan fingerprint density at radius 2 is 1.82 bits per heavy atom. The highest BCUT2D eigenvalue weighted by molar-refractivity contribution is 5.95. The molecule has 50 heavy (non-hydrogen) atoms. The smallest absolute Gasteiger partial charge is 0.407 e. The SMILES string of the molecule is C=CCCCCC[C@H](NC(=O)OCC(C)(C)CC=C)C(=O)OC(=O)[C@]1(Oc2cc(-c3ccccc3)nc3cc(OC)c(C=C)cc23)CCCN1. The Labute approximate surface area is 294 Å². The van der Waals surface area contributed by atoms with Crippen molar-refractivity contribution in [1.82, 2.24) is 15.6 Å². The third-order valence-electron chi connectivity index (χ3n) is 8.60. The second-order valence-electron chi connectivity index (χ2n) is 13.2. The lowest BCUT2D eigenvalue weighted by molar-refractivity contribution is -0.174. The van der Waals surface area contributed by atoms with Crippen molar-refractivity contribution in [3.8, 4) is 22.8 Å². The van der Waals surface area contributed by atoms with Gasteiger partial charge in [-0.25, -0.2) is 19.4 Å². The summed E-state index contributed by atoms with van der Waals surface area (Å²) >= 11 is 0. The summed E-state index contributed by atoms with van der Waals surface area (Å²) in [4.78, 5) is 45.3. The second kappa shape index (κ2) is 17.6. The zero-order valence-corrected chi connectivity index (χ0v) is 29.4. The Bertz CT molecular complexity index is 1680. The topological polar surface area (TPSA) is 125 Å². The first-order valence-electron chi connectivity index (χ1n) is 17.1. The predicted octanol–water partition coefficient (Wildman–Crippen LogP) is 7.92. The third kappa shape index (κ3) is 9.81. The van der Waals surface area contributed by atoms with Crippen LogP contribution in [0.4, 0.5) is 4.79 Å². The molecule has 0 unspecified atom stereocenters. The lowest BCUT2D eigenvalue weighted by atomic mass is 9.91. The molecule has 1 amide bonds. The summed E-state index contributed by atoms with van der Waals surface area (Å²) < 4.78 is 23.1. The van der Waals surface area contributed by atoms with Crippen molar-refractivity contribution in [3.05, 3.63) is 86.0 Å². The number of nitrogens with zero attached hydrogens (tertiary/aromatic N) is 1. The van der Waals surface area contributed by atoms with Gasteiger partial charge in [0, 0.05) is 40.5 Å². The molecule has 1 aliphatic heterocycles. The van der Waals surface area contributed by atoms with Crippen LogP contribution in [0.1, 0.15) is 70.8 Å². The molecule has 2 atom stereocenters. The Kier molecular flexibility index (Phi) is 13.3.